The predicted molar refractivity (Wildman–Crippen MR) is 97.5 cm³/mol. The van der Waals surface area contributed by atoms with Crippen LogP contribution < -0.4 is 0 Å². The van der Waals surface area contributed by atoms with Crippen LogP contribution in [-0.2, 0) is 12.8 Å². The van der Waals surface area contributed by atoms with Gasteiger partial charge in [-0.05, 0) is 55.4 Å². The van der Waals surface area contributed by atoms with Gasteiger partial charge in [-0.3, -0.25) is 0 Å². The number of aromatic carboxylic acids is 2. The summed E-state index contributed by atoms with van der Waals surface area (Å²) in [6.45, 7) is 7.94. The summed E-state index contributed by atoms with van der Waals surface area (Å²) in [7, 11) is 0. The summed E-state index contributed by atoms with van der Waals surface area (Å²) in [5.41, 5.74) is 3.91. The molecule has 2 aromatic rings. The van der Waals surface area contributed by atoms with Crippen molar-refractivity contribution in [3.05, 3.63) is 69.8 Å². The molecule has 132 valence electrons. The summed E-state index contributed by atoms with van der Waals surface area (Å²) < 4.78 is 0. The molecule has 0 spiro atoms. The van der Waals surface area contributed by atoms with Crippen molar-refractivity contribution in [2.45, 2.75) is 40.5 Å². The van der Waals surface area contributed by atoms with E-state index in [1.54, 1.807) is 24.3 Å². The van der Waals surface area contributed by atoms with E-state index in [2.05, 4.69) is 0 Å². The molecule has 2 N–H and O–H groups in total. The number of aryl methyl sites for hydroxylation is 2. The fraction of sp³-hybridized carbons (Fsp3) is 0.333. The maximum Gasteiger partial charge on any atom is 0.335 e. The molecule has 0 aliphatic heterocycles. The highest BCUT2D eigenvalue weighted by molar-refractivity contribution is 5.90. The number of hydrogen-bond donors (Lipinski definition) is 2. The lowest BCUT2D eigenvalue weighted by molar-refractivity contribution is 0.0685. The topological polar surface area (TPSA) is 74.6 Å². The van der Waals surface area contributed by atoms with Crippen molar-refractivity contribution in [3.63, 3.8) is 0 Å². The van der Waals surface area contributed by atoms with Crippen LogP contribution in [0.25, 0.3) is 0 Å². The van der Waals surface area contributed by atoms with Gasteiger partial charge in [0.05, 0.1) is 11.1 Å². The predicted octanol–water partition coefficient (Wildman–Crippen LogP) is 4.51. The second-order valence-electron chi connectivity index (χ2n) is 7.45. The molecule has 0 aromatic heterocycles. The molecule has 0 saturated carbocycles. The second kappa shape index (κ2) is 7.09. The van der Waals surface area contributed by atoms with Crippen molar-refractivity contribution in [1.82, 2.24) is 0 Å². The lowest BCUT2D eigenvalue weighted by atomic mass is 9.78. The zero-order valence-corrected chi connectivity index (χ0v) is 15.1. The quantitative estimate of drug-likeness (QED) is 0.811. The van der Waals surface area contributed by atoms with E-state index in [1.165, 1.54) is 0 Å². The highest BCUT2D eigenvalue weighted by Crippen LogP contribution is 2.30. The van der Waals surface area contributed by atoms with Gasteiger partial charge in [-0.15, -0.1) is 0 Å². The summed E-state index contributed by atoms with van der Waals surface area (Å²) in [6.07, 6.45) is 1.12. The van der Waals surface area contributed by atoms with Crippen LogP contribution in [0.1, 0.15) is 56.8 Å². The molecule has 0 saturated heterocycles. The maximum atomic E-state index is 11.5. The minimum atomic E-state index is -0.937. The van der Waals surface area contributed by atoms with E-state index in [0.29, 0.717) is 24.0 Å². The monoisotopic (exact) mass is 340 g/mol. The van der Waals surface area contributed by atoms with E-state index in [1.807, 2.05) is 39.8 Å². The van der Waals surface area contributed by atoms with Crippen LogP contribution >= 0.6 is 0 Å². The van der Waals surface area contributed by atoms with Crippen LogP contribution in [0.3, 0.4) is 0 Å². The smallest absolute Gasteiger partial charge is 0.335 e. The fourth-order valence-corrected chi connectivity index (χ4v) is 3.25. The van der Waals surface area contributed by atoms with Crippen molar-refractivity contribution in [2.75, 3.05) is 0 Å². The Morgan fingerprint density at radius 2 is 1.16 bits per heavy atom. The average molecular weight is 340 g/mol. The van der Waals surface area contributed by atoms with E-state index in [-0.39, 0.29) is 5.41 Å². The Kier molecular flexibility index (Phi) is 5.31. The Hall–Kier alpha value is -2.62. The Morgan fingerprint density at radius 3 is 1.48 bits per heavy atom. The van der Waals surface area contributed by atoms with Gasteiger partial charge in [0.2, 0.25) is 0 Å². The molecule has 0 heterocycles. The summed E-state index contributed by atoms with van der Waals surface area (Å²) in [5.74, 6) is -1.87. The Bertz CT molecular complexity index is 751. The van der Waals surface area contributed by atoms with E-state index >= 15 is 0 Å². The molecule has 0 radical (unpaired) electrons. The first-order valence-corrected chi connectivity index (χ1v) is 8.25. The first-order valence-electron chi connectivity index (χ1n) is 8.25. The van der Waals surface area contributed by atoms with Crippen LogP contribution in [0.15, 0.2) is 36.4 Å². The molecule has 4 nitrogen and oxygen atoms in total. The van der Waals surface area contributed by atoms with Crippen molar-refractivity contribution in [3.8, 4) is 0 Å². The Morgan fingerprint density at radius 1 is 0.800 bits per heavy atom. The lowest BCUT2D eigenvalue weighted by Crippen LogP contribution is -2.21. The SMILES string of the molecule is Cc1ccc(C(=O)O)c(CC(C)(C)Cc2cc(C)ccc2C(=O)O)c1. The van der Waals surface area contributed by atoms with Gasteiger partial charge in [-0.25, -0.2) is 9.59 Å². The minimum absolute atomic E-state index is 0.282. The highest BCUT2D eigenvalue weighted by Gasteiger charge is 2.25. The van der Waals surface area contributed by atoms with Gasteiger partial charge in [0.15, 0.2) is 0 Å². The van der Waals surface area contributed by atoms with Crippen LogP contribution in [0.4, 0.5) is 0 Å². The molecule has 25 heavy (non-hydrogen) atoms. The van der Waals surface area contributed by atoms with Gasteiger partial charge in [-0.1, -0.05) is 49.2 Å². The molecule has 0 unspecified atom stereocenters. The average Bonchev–Trinajstić information content (AvgIpc) is 2.45. The molecule has 0 bridgehead atoms. The number of carboxylic acids is 2. The lowest BCUT2D eigenvalue weighted by Gasteiger charge is -2.27. The number of carbonyl (C=O) groups is 2. The molecule has 0 amide bonds. The molecule has 0 aliphatic rings. The number of hydrogen-bond acceptors (Lipinski definition) is 2. The standard InChI is InChI=1S/C21H24O4/c1-13-5-7-17(19(22)23)15(9-13)11-21(3,4)12-16-10-14(2)6-8-18(16)20(24)25/h5-10H,11-12H2,1-4H3,(H,22,23)(H,24,25). The molecule has 2 rings (SSSR count). The number of carboxylic acid groups (broad SMARTS) is 2. The summed E-state index contributed by atoms with van der Waals surface area (Å²) in [6, 6.07) is 10.7. The summed E-state index contributed by atoms with van der Waals surface area (Å²) in [5, 5.41) is 18.8. The molecule has 4 heteroatoms. The third-order valence-corrected chi connectivity index (χ3v) is 4.32. The second-order valence-corrected chi connectivity index (χ2v) is 7.45. The Balaban J connectivity index is 2.35. The van der Waals surface area contributed by atoms with Gasteiger partial charge < -0.3 is 10.2 Å². The summed E-state index contributed by atoms with van der Waals surface area (Å²) in [4.78, 5) is 23.0. The summed E-state index contributed by atoms with van der Waals surface area (Å²) >= 11 is 0. The van der Waals surface area contributed by atoms with Crippen LogP contribution in [0.5, 0.6) is 0 Å². The normalized spacial score (nSPS) is 11.4. The van der Waals surface area contributed by atoms with Crippen molar-refractivity contribution in [2.24, 2.45) is 5.41 Å². The van der Waals surface area contributed by atoms with Gasteiger partial charge in [-0.2, -0.15) is 0 Å². The molecule has 0 fully saturated rings. The zero-order valence-electron chi connectivity index (χ0n) is 15.1. The third kappa shape index (κ3) is 4.69. The van der Waals surface area contributed by atoms with Crippen molar-refractivity contribution in [1.29, 1.82) is 0 Å². The van der Waals surface area contributed by atoms with Crippen LogP contribution in [0.2, 0.25) is 0 Å². The van der Waals surface area contributed by atoms with E-state index in [4.69, 9.17) is 0 Å². The van der Waals surface area contributed by atoms with Gasteiger partial charge >= 0.3 is 11.9 Å². The number of benzene rings is 2. The minimum Gasteiger partial charge on any atom is -0.478 e. The van der Waals surface area contributed by atoms with Crippen molar-refractivity contribution >= 4 is 11.9 Å². The van der Waals surface area contributed by atoms with Gasteiger partial charge in [0.25, 0.3) is 0 Å². The third-order valence-electron chi connectivity index (χ3n) is 4.32. The maximum absolute atomic E-state index is 11.5. The highest BCUT2D eigenvalue weighted by atomic mass is 16.4. The fourth-order valence-electron chi connectivity index (χ4n) is 3.25. The van der Waals surface area contributed by atoms with Crippen LogP contribution in [-0.4, -0.2) is 22.2 Å². The molecular formula is C21H24O4. The first kappa shape index (κ1) is 18.7. The first-order chi connectivity index (χ1) is 11.6. The van der Waals surface area contributed by atoms with Gasteiger partial charge in [0.1, 0.15) is 0 Å². The van der Waals surface area contributed by atoms with E-state index < -0.39 is 11.9 Å². The largest absolute Gasteiger partial charge is 0.478 e. The number of rotatable bonds is 6. The van der Waals surface area contributed by atoms with E-state index in [0.717, 1.165) is 22.3 Å². The molecule has 2 aromatic carbocycles. The molecule has 0 aliphatic carbocycles. The van der Waals surface area contributed by atoms with Crippen LogP contribution in [0, 0.1) is 19.3 Å². The molecule has 0 atom stereocenters. The van der Waals surface area contributed by atoms with E-state index in [9.17, 15) is 19.8 Å². The zero-order chi connectivity index (χ0) is 18.8. The Labute approximate surface area is 148 Å². The molecular weight excluding hydrogens is 316 g/mol. The van der Waals surface area contributed by atoms with Gasteiger partial charge in [0, 0.05) is 0 Å². The van der Waals surface area contributed by atoms with Crippen molar-refractivity contribution < 1.29 is 19.8 Å².